The predicted octanol–water partition coefficient (Wildman–Crippen LogP) is 6.43. The quantitative estimate of drug-likeness (QED) is 0.385. The first-order chi connectivity index (χ1) is 10.5. The van der Waals surface area contributed by atoms with Crippen molar-refractivity contribution in [3.63, 3.8) is 0 Å². The highest BCUT2D eigenvalue weighted by Crippen LogP contribution is 2.39. The van der Waals surface area contributed by atoms with Crippen molar-refractivity contribution in [1.29, 1.82) is 0 Å². The third-order valence-corrected chi connectivity index (χ3v) is 4.69. The van der Waals surface area contributed by atoms with Crippen LogP contribution in [0.1, 0.15) is 26.3 Å². The molecule has 0 aliphatic rings. The Hall–Kier alpha value is -1.99. The monoisotopic (exact) mass is 307 g/mol. The summed E-state index contributed by atoms with van der Waals surface area (Å²) in [5, 5.41) is 5.53. The molecule has 0 radical (unpaired) electrons. The Morgan fingerprint density at radius 3 is 2.36 bits per heavy atom. The summed E-state index contributed by atoms with van der Waals surface area (Å²) in [7, 11) is 0. The molecule has 0 bridgehead atoms. The SMILES string of the molecule is CC(C)(C)c1cccc2c1[nH]c1c3ccccc3cc(Cl)c21. The molecule has 4 rings (SSSR count). The molecule has 110 valence electrons. The van der Waals surface area contributed by atoms with Crippen LogP contribution in [0, 0.1) is 0 Å². The van der Waals surface area contributed by atoms with E-state index < -0.39 is 0 Å². The van der Waals surface area contributed by atoms with Crippen LogP contribution in [0.4, 0.5) is 0 Å². The molecule has 0 aliphatic heterocycles. The third-order valence-electron chi connectivity index (χ3n) is 4.39. The van der Waals surface area contributed by atoms with Gasteiger partial charge in [0.25, 0.3) is 0 Å². The van der Waals surface area contributed by atoms with E-state index in [1.807, 2.05) is 6.07 Å². The average molecular weight is 308 g/mol. The van der Waals surface area contributed by atoms with E-state index in [9.17, 15) is 0 Å². The van der Waals surface area contributed by atoms with Crippen molar-refractivity contribution in [2.24, 2.45) is 0 Å². The van der Waals surface area contributed by atoms with Gasteiger partial charge in [0.05, 0.1) is 16.1 Å². The summed E-state index contributed by atoms with van der Waals surface area (Å²) in [6, 6.07) is 16.9. The van der Waals surface area contributed by atoms with Crippen LogP contribution in [0.25, 0.3) is 32.6 Å². The maximum Gasteiger partial charge on any atom is 0.0559 e. The summed E-state index contributed by atoms with van der Waals surface area (Å²) in [4.78, 5) is 3.65. The van der Waals surface area contributed by atoms with Crippen molar-refractivity contribution >= 4 is 44.2 Å². The van der Waals surface area contributed by atoms with Crippen LogP contribution >= 0.6 is 11.6 Å². The van der Waals surface area contributed by atoms with Gasteiger partial charge < -0.3 is 4.98 Å². The topological polar surface area (TPSA) is 15.8 Å². The summed E-state index contributed by atoms with van der Waals surface area (Å²) in [6.07, 6.45) is 0. The fourth-order valence-electron chi connectivity index (χ4n) is 3.35. The molecule has 0 saturated carbocycles. The molecule has 22 heavy (non-hydrogen) atoms. The minimum Gasteiger partial charge on any atom is -0.354 e. The third kappa shape index (κ3) is 1.85. The number of hydrogen-bond acceptors (Lipinski definition) is 0. The van der Waals surface area contributed by atoms with Crippen LogP contribution in [0.5, 0.6) is 0 Å². The molecule has 2 heteroatoms. The van der Waals surface area contributed by atoms with E-state index in [1.54, 1.807) is 0 Å². The number of aromatic nitrogens is 1. The van der Waals surface area contributed by atoms with Crippen molar-refractivity contribution in [2.75, 3.05) is 0 Å². The lowest BCUT2D eigenvalue weighted by Crippen LogP contribution is -2.11. The van der Waals surface area contributed by atoms with Gasteiger partial charge in [-0.25, -0.2) is 0 Å². The number of benzene rings is 3. The molecule has 0 saturated heterocycles. The highest BCUT2D eigenvalue weighted by Gasteiger charge is 2.20. The number of halogens is 1. The van der Waals surface area contributed by atoms with Gasteiger partial charge in [0.15, 0.2) is 0 Å². The van der Waals surface area contributed by atoms with E-state index in [4.69, 9.17) is 11.6 Å². The number of nitrogens with one attached hydrogen (secondary N) is 1. The second-order valence-electron chi connectivity index (χ2n) is 6.93. The predicted molar refractivity (Wildman–Crippen MR) is 97.0 cm³/mol. The zero-order chi connectivity index (χ0) is 15.5. The second-order valence-corrected chi connectivity index (χ2v) is 7.34. The number of H-pyrrole nitrogens is 1. The summed E-state index contributed by atoms with van der Waals surface area (Å²) in [5.74, 6) is 0. The van der Waals surface area contributed by atoms with Crippen LogP contribution in [0.2, 0.25) is 5.02 Å². The summed E-state index contributed by atoms with van der Waals surface area (Å²) >= 11 is 6.60. The molecule has 0 amide bonds. The minimum atomic E-state index is 0.0860. The molecule has 3 aromatic carbocycles. The lowest BCUT2D eigenvalue weighted by Gasteiger charge is -2.19. The largest absolute Gasteiger partial charge is 0.354 e. The average Bonchev–Trinajstić information content (AvgIpc) is 2.86. The Balaban J connectivity index is 2.27. The first-order valence-electron chi connectivity index (χ1n) is 7.59. The van der Waals surface area contributed by atoms with E-state index in [2.05, 4.69) is 68.2 Å². The Bertz CT molecular complexity index is 1020. The maximum absolute atomic E-state index is 6.60. The van der Waals surface area contributed by atoms with Gasteiger partial charge in [-0.1, -0.05) is 74.8 Å². The highest BCUT2D eigenvalue weighted by atomic mass is 35.5. The van der Waals surface area contributed by atoms with Crippen molar-refractivity contribution in [1.82, 2.24) is 4.98 Å². The zero-order valence-electron chi connectivity index (χ0n) is 13.0. The Kier molecular flexibility index (Phi) is 2.79. The summed E-state index contributed by atoms with van der Waals surface area (Å²) < 4.78 is 0. The van der Waals surface area contributed by atoms with Crippen LogP contribution in [-0.4, -0.2) is 4.98 Å². The highest BCUT2D eigenvalue weighted by molar-refractivity contribution is 6.40. The fraction of sp³-hybridized carbons (Fsp3) is 0.200. The van der Waals surface area contributed by atoms with Crippen molar-refractivity contribution in [3.8, 4) is 0 Å². The lowest BCUT2D eigenvalue weighted by molar-refractivity contribution is 0.595. The molecule has 4 aromatic rings. The molecule has 0 fully saturated rings. The summed E-state index contributed by atoms with van der Waals surface area (Å²) in [5.41, 5.74) is 3.74. The second kappa shape index (κ2) is 4.50. The first-order valence-corrected chi connectivity index (χ1v) is 7.97. The van der Waals surface area contributed by atoms with Gasteiger partial charge in [-0.3, -0.25) is 0 Å². The van der Waals surface area contributed by atoms with Crippen molar-refractivity contribution in [3.05, 3.63) is 59.1 Å². The van der Waals surface area contributed by atoms with Gasteiger partial charge >= 0.3 is 0 Å². The van der Waals surface area contributed by atoms with Gasteiger partial charge in [0, 0.05) is 16.2 Å². The van der Waals surface area contributed by atoms with Gasteiger partial charge in [-0.15, -0.1) is 0 Å². The summed E-state index contributed by atoms with van der Waals surface area (Å²) in [6.45, 7) is 6.73. The number of rotatable bonds is 0. The van der Waals surface area contributed by atoms with Crippen LogP contribution in [0.3, 0.4) is 0 Å². The number of para-hydroxylation sites is 1. The van der Waals surface area contributed by atoms with Crippen LogP contribution < -0.4 is 0 Å². The Morgan fingerprint density at radius 2 is 1.59 bits per heavy atom. The number of hydrogen-bond donors (Lipinski definition) is 1. The standard InChI is InChI=1S/C20H18ClN/c1-20(2,3)15-10-6-9-14-17-16(21)11-12-7-4-5-8-13(12)19(17)22-18(14)15/h4-11,22H,1-3H3. The number of fused-ring (bicyclic) bond motifs is 5. The van der Waals surface area contributed by atoms with Gasteiger partial charge in [0.2, 0.25) is 0 Å². The minimum absolute atomic E-state index is 0.0860. The molecule has 1 N–H and O–H groups in total. The fourth-order valence-corrected chi connectivity index (χ4v) is 3.67. The molecular weight excluding hydrogens is 290 g/mol. The lowest BCUT2D eigenvalue weighted by atomic mass is 9.85. The van der Waals surface area contributed by atoms with Crippen molar-refractivity contribution < 1.29 is 0 Å². The van der Waals surface area contributed by atoms with E-state index in [-0.39, 0.29) is 5.41 Å². The Labute approximate surface area is 134 Å². The number of aromatic amines is 1. The molecule has 1 heterocycles. The molecular formula is C20H18ClN. The van der Waals surface area contributed by atoms with Crippen LogP contribution in [-0.2, 0) is 5.41 Å². The van der Waals surface area contributed by atoms with Gasteiger partial charge in [-0.2, -0.15) is 0 Å². The van der Waals surface area contributed by atoms with Gasteiger partial charge in [0.1, 0.15) is 0 Å². The van der Waals surface area contributed by atoms with Crippen LogP contribution in [0.15, 0.2) is 48.5 Å². The van der Waals surface area contributed by atoms with E-state index in [0.717, 1.165) is 15.9 Å². The molecule has 1 nitrogen and oxygen atoms in total. The van der Waals surface area contributed by atoms with E-state index >= 15 is 0 Å². The van der Waals surface area contributed by atoms with E-state index in [1.165, 1.54) is 27.2 Å². The maximum atomic E-state index is 6.60. The molecule has 0 spiro atoms. The normalized spacial score (nSPS) is 12.5. The zero-order valence-corrected chi connectivity index (χ0v) is 13.8. The van der Waals surface area contributed by atoms with E-state index in [0.29, 0.717) is 0 Å². The molecule has 0 aliphatic carbocycles. The van der Waals surface area contributed by atoms with Crippen molar-refractivity contribution in [2.45, 2.75) is 26.2 Å². The molecule has 0 atom stereocenters. The molecule has 1 aromatic heterocycles. The van der Waals surface area contributed by atoms with Gasteiger partial charge in [-0.05, 0) is 22.4 Å². The first kappa shape index (κ1) is 13.7. The smallest absolute Gasteiger partial charge is 0.0559 e. The Morgan fingerprint density at radius 1 is 0.864 bits per heavy atom. The molecule has 0 unspecified atom stereocenters.